The van der Waals surface area contributed by atoms with Gasteiger partial charge in [-0.05, 0) is 61.9 Å². The molecule has 5 heteroatoms. The molecule has 4 atom stereocenters. The van der Waals surface area contributed by atoms with E-state index < -0.39 is 0 Å². The Kier molecular flexibility index (Phi) is 9.04. The fourth-order valence-corrected chi connectivity index (χ4v) is 10.8. The van der Waals surface area contributed by atoms with Gasteiger partial charge in [0, 0.05) is 53.2 Å². The highest BCUT2D eigenvalue weighted by atomic mass is 16.3. The first-order valence-corrected chi connectivity index (χ1v) is 22.3. The Morgan fingerprint density at radius 2 is 1.22 bits per heavy atom. The molecular formula is C59H46N4O. The van der Waals surface area contributed by atoms with Crippen LogP contribution in [-0.2, 0) is 0 Å². The molecule has 1 aromatic heterocycles. The molecule has 5 nitrogen and oxygen atoms in total. The number of amidine groups is 2. The highest BCUT2D eigenvalue weighted by Crippen LogP contribution is 2.56. The summed E-state index contributed by atoms with van der Waals surface area (Å²) in [6, 6.07) is 62.7. The van der Waals surface area contributed by atoms with Crippen molar-refractivity contribution in [3.63, 3.8) is 0 Å². The number of hydrogen-bond acceptors (Lipinski definition) is 5. The van der Waals surface area contributed by atoms with E-state index in [1.54, 1.807) is 0 Å². The first-order chi connectivity index (χ1) is 31.5. The van der Waals surface area contributed by atoms with Gasteiger partial charge >= 0.3 is 0 Å². The SMILES string of the molecule is CC1C(C2c3oc4ccccc4c3-c3cccc(-c4cccc(C5N=C(c6ccccc6)N=C(c6ccc(-c7ccccc7)cc6)N5C)c4)c3N2C)=c2ccccc2=C2C=CC=CC21. The van der Waals surface area contributed by atoms with Crippen molar-refractivity contribution in [3.8, 4) is 33.4 Å². The second-order valence-electron chi connectivity index (χ2n) is 17.4. The summed E-state index contributed by atoms with van der Waals surface area (Å²) in [4.78, 5) is 15.3. The van der Waals surface area contributed by atoms with E-state index in [0.717, 1.165) is 50.7 Å². The van der Waals surface area contributed by atoms with Crippen molar-refractivity contribution in [2.45, 2.75) is 19.1 Å². The topological polar surface area (TPSA) is 44.3 Å². The zero-order chi connectivity index (χ0) is 42.9. The summed E-state index contributed by atoms with van der Waals surface area (Å²) >= 11 is 0. The van der Waals surface area contributed by atoms with Gasteiger partial charge in [-0.15, -0.1) is 0 Å². The van der Waals surface area contributed by atoms with Crippen molar-refractivity contribution in [2.24, 2.45) is 21.8 Å². The number of rotatable bonds is 6. The summed E-state index contributed by atoms with van der Waals surface area (Å²) in [5.74, 6) is 3.12. The monoisotopic (exact) mass is 826 g/mol. The molecule has 0 fully saturated rings. The number of para-hydroxylation sites is 2. The predicted octanol–water partition coefficient (Wildman–Crippen LogP) is 12.2. The molecule has 64 heavy (non-hydrogen) atoms. The molecule has 4 aliphatic rings. The Labute approximate surface area is 373 Å². The van der Waals surface area contributed by atoms with Gasteiger partial charge in [-0.3, -0.25) is 0 Å². The first-order valence-electron chi connectivity index (χ1n) is 22.3. The van der Waals surface area contributed by atoms with Crippen LogP contribution in [0.15, 0.2) is 215 Å². The molecule has 0 saturated heterocycles. The highest BCUT2D eigenvalue weighted by molar-refractivity contribution is 6.13. The van der Waals surface area contributed by atoms with Gasteiger partial charge in [0.25, 0.3) is 0 Å². The van der Waals surface area contributed by atoms with Crippen LogP contribution in [0.1, 0.15) is 41.6 Å². The summed E-state index contributed by atoms with van der Waals surface area (Å²) in [5, 5.41) is 3.75. The van der Waals surface area contributed by atoms with Crippen LogP contribution in [0.5, 0.6) is 0 Å². The van der Waals surface area contributed by atoms with E-state index in [9.17, 15) is 0 Å². The van der Waals surface area contributed by atoms with Gasteiger partial charge in [-0.1, -0.05) is 195 Å². The Balaban J connectivity index is 1.00. The summed E-state index contributed by atoms with van der Waals surface area (Å²) in [6.45, 7) is 2.40. The molecule has 0 radical (unpaired) electrons. The van der Waals surface area contributed by atoms with Crippen LogP contribution >= 0.6 is 0 Å². The van der Waals surface area contributed by atoms with Crippen LogP contribution in [-0.4, -0.2) is 30.7 Å². The zero-order valence-electron chi connectivity index (χ0n) is 36.1. The molecule has 2 aliphatic carbocycles. The zero-order valence-corrected chi connectivity index (χ0v) is 36.1. The lowest BCUT2D eigenvalue weighted by Crippen LogP contribution is -2.44. The van der Waals surface area contributed by atoms with Gasteiger partial charge in [0.1, 0.15) is 23.2 Å². The van der Waals surface area contributed by atoms with Crippen LogP contribution in [0.2, 0.25) is 0 Å². The average molecular weight is 827 g/mol. The lowest BCUT2D eigenvalue weighted by Gasteiger charge is -2.42. The molecule has 4 unspecified atom stereocenters. The van der Waals surface area contributed by atoms with Crippen LogP contribution < -0.4 is 15.3 Å². The highest BCUT2D eigenvalue weighted by Gasteiger charge is 2.42. The normalized spacial score (nSPS) is 19.7. The Hall–Kier alpha value is -7.76. The summed E-state index contributed by atoms with van der Waals surface area (Å²) < 4.78 is 7.03. The van der Waals surface area contributed by atoms with Crippen molar-refractivity contribution < 1.29 is 4.42 Å². The molecule has 7 aromatic carbocycles. The number of allylic oxidation sites excluding steroid dienone is 4. The Bertz CT molecular complexity index is 3390. The van der Waals surface area contributed by atoms with Crippen molar-refractivity contribution in [2.75, 3.05) is 19.0 Å². The van der Waals surface area contributed by atoms with E-state index >= 15 is 0 Å². The van der Waals surface area contributed by atoms with Crippen molar-refractivity contribution in [1.82, 2.24) is 4.90 Å². The molecule has 8 aromatic rings. The smallest absolute Gasteiger partial charge is 0.159 e. The van der Waals surface area contributed by atoms with Crippen molar-refractivity contribution in [3.05, 3.63) is 233 Å². The van der Waals surface area contributed by atoms with Gasteiger partial charge in [0.2, 0.25) is 0 Å². The second-order valence-corrected chi connectivity index (χ2v) is 17.4. The van der Waals surface area contributed by atoms with Crippen LogP contribution in [0.25, 0.3) is 55.5 Å². The first kappa shape index (κ1) is 38.0. The fraction of sp³-hybridized carbons (Fsp3) is 0.119. The van der Waals surface area contributed by atoms with Crippen molar-refractivity contribution in [1.29, 1.82) is 0 Å². The lowest BCUT2D eigenvalue weighted by atomic mass is 9.71. The number of hydrogen-bond donors (Lipinski definition) is 0. The molecule has 12 rings (SSSR count). The number of aliphatic imine (C=N–C) groups is 2. The minimum Gasteiger partial charge on any atom is -0.458 e. The van der Waals surface area contributed by atoms with E-state index in [2.05, 4.69) is 225 Å². The van der Waals surface area contributed by atoms with E-state index in [1.807, 2.05) is 6.07 Å². The van der Waals surface area contributed by atoms with Crippen molar-refractivity contribution >= 4 is 39.5 Å². The maximum Gasteiger partial charge on any atom is 0.159 e. The molecule has 0 amide bonds. The maximum absolute atomic E-state index is 7.03. The number of benzene rings is 7. The number of furan rings is 1. The lowest BCUT2D eigenvalue weighted by molar-refractivity contribution is 0.383. The van der Waals surface area contributed by atoms with E-state index in [1.165, 1.54) is 55.1 Å². The van der Waals surface area contributed by atoms with E-state index in [0.29, 0.717) is 0 Å². The molecular weight excluding hydrogens is 781 g/mol. The molecule has 2 aliphatic heterocycles. The number of anilines is 1. The molecule has 0 bridgehead atoms. The minimum absolute atomic E-state index is 0.134. The molecule has 0 spiro atoms. The Morgan fingerprint density at radius 1 is 0.562 bits per heavy atom. The molecule has 308 valence electrons. The van der Waals surface area contributed by atoms with Gasteiger partial charge in [0.15, 0.2) is 12.0 Å². The molecule has 0 saturated carbocycles. The Morgan fingerprint density at radius 3 is 2.03 bits per heavy atom. The number of fused-ring (bicyclic) bond motifs is 7. The third-order valence-electron chi connectivity index (χ3n) is 13.8. The maximum atomic E-state index is 7.03. The van der Waals surface area contributed by atoms with Gasteiger partial charge in [-0.25, -0.2) is 9.98 Å². The van der Waals surface area contributed by atoms with E-state index in [-0.39, 0.29) is 24.0 Å². The quantitative estimate of drug-likeness (QED) is 0.168. The van der Waals surface area contributed by atoms with E-state index in [4.69, 9.17) is 14.4 Å². The third kappa shape index (κ3) is 6.06. The third-order valence-corrected chi connectivity index (χ3v) is 13.8. The minimum atomic E-state index is -0.316. The average Bonchev–Trinajstić information content (AvgIpc) is 3.75. The number of nitrogens with zero attached hydrogens (tertiary/aromatic N) is 4. The van der Waals surface area contributed by atoms with Crippen LogP contribution in [0.4, 0.5) is 5.69 Å². The second kappa shape index (κ2) is 15.2. The standard InChI is InChI=1S/C59H46N4O/c1-37-44-24-10-11-25-46(44)47-26-12-13-27-48(47)52(37)55-56-53(49-28-14-15-31-51(49)64-56)50-30-17-29-45(54(50)62(55)2)42-22-16-23-43(36-42)59-61-57(40-20-8-5-9-21-40)60-58(63(59)3)41-34-32-39(33-35-41)38-18-6-4-7-19-38/h4-37,44,55,59H,1-3H3. The summed E-state index contributed by atoms with van der Waals surface area (Å²) in [7, 11) is 4.38. The molecule has 3 heterocycles. The summed E-state index contributed by atoms with van der Waals surface area (Å²) in [5.41, 5.74) is 15.0. The van der Waals surface area contributed by atoms with Gasteiger partial charge < -0.3 is 14.2 Å². The summed E-state index contributed by atoms with van der Waals surface area (Å²) in [6.07, 6.45) is 8.76. The molecule has 0 N–H and O–H groups in total. The fourth-order valence-electron chi connectivity index (χ4n) is 10.8. The van der Waals surface area contributed by atoms with Gasteiger partial charge in [0.05, 0.1) is 5.69 Å². The van der Waals surface area contributed by atoms with Crippen LogP contribution in [0.3, 0.4) is 0 Å². The predicted molar refractivity (Wildman–Crippen MR) is 264 cm³/mol. The van der Waals surface area contributed by atoms with Crippen LogP contribution in [0, 0.1) is 11.8 Å². The largest absolute Gasteiger partial charge is 0.458 e. The van der Waals surface area contributed by atoms with Gasteiger partial charge in [-0.2, -0.15) is 0 Å².